The number of rotatable bonds is 10. The Bertz CT molecular complexity index is 1810. The van der Waals surface area contributed by atoms with Crippen molar-refractivity contribution in [2.24, 2.45) is 7.05 Å². The van der Waals surface area contributed by atoms with E-state index >= 15 is 0 Å². The highest BCUT2D eigenvalue weighted by Crippen LogP contribution is 2.35. The van der Waals surface area contributed by atoms with E-state index in [1.807, 2.05) is 0 Å². The van der Waals surface area contributed by atoms with Crippen molar-refractivity contribution in [3.05, 3.63) is 85.6 Å². The lowest BCUT2D eigenvalue weighted by molar-refractivity contribution is -0.124. The van der Waals surface area contributed by atoms with E-state index in [1.165, 1.54) is 11.6 Å². The number of hydrogen-bond acceptors (Lipinski definition) is 9. The highest BCUT2D eigenvalue weighted by molar-refractivity contribution is 7.18. The zero-order valence-electron chi connectivity index (χ0n) is 24.8. The zero-order chi connectivity index (χ0) is 32.1. The number of thiophene rings is 1. The van der Waals surface area contributed by atoms with Crippen molar-refractivity contribution in [2.45, 2.75) is 40.2 Å². The van der Waals surface area contributed by atoms with Crippen LogP contribution < -0.4 is 10.9 Å². The van der Waals surface area contributed by atoms with Crippen LogP contribution in [0.1, 0.15) is 63.3 Å². The molecule has 0 fully saturated rings. The van der Waals surface area contributed by atoms with E-state index in [2.05, 4.69) is 5.32 Å². The van der Waals surface area contributed by atoms with E-state index in [-0.39, 0.29) is 40.8 Å². The first-order valence-electron chi connectivity index (χ1n) is 13.9. The molecule has 0 saturated heterocycles. The van der Waals surface area contributed by atoms with E-state index in [0.717, 1.165) is 11.3 Å². The van der Waals surface area contributed by atoms with Crippen molar-refractivity contribution in [1.29, 1.82) is 0 Å². The number of halogens is 1. The normalized spacial score (nSPS) is 11.6. The molecule has 0 saturated carbocycles. The quantitative estimate of drug-likeness (QED) is 0.162. The SMILES string of the molecule is CCOC(=O)c1sc(NC(=O)C(CC)OC(=O)c2c(-c3ccc(Cl)cc3)c3ccccc3c(=O)n2C)c(C(=O)OCC)c1C. The van der Waals surface area contributed by atoms with Crippen molar-refractivity contribution in [1.82, 2.24) is 4.57 Å². The third-order valence-electron chi connectivity index (χ3n) is 6.87. The number of esters is 3. The van der Waals surface area contributed by atoms with Crippen molar-refractivity contribution in [3.63, 3.8) is 0 Å². The van der Waals surface area contributed by atoms with Gasteiger partial charge in [0, 0.05) is 23.0 Å². The Morgan fingerprint density at radius 1 is 0.909 bits per heavy atom. The van der Waals surface area contributed by atoms with Crippen molar-refractivity contribution >= 4 is 62.5 Å². The number of nitrogens with zero attached hydrogens (tertiary/aromatic N) is 1. The van der Waals surface area contributed by atoms with Crippen LogP contribution in [0.5, 0.6) is 0 Å². The third-order valence-corrected chi connectivity index (χ3v) is 8.31. The molecule has 4 rings (SSSR count). The standard InChI is InChI=1S/C32H31ClN2O8S/c1-6-22(27(36)34-28-23(30(38)41-7-2)17(4)26(44-28)32(40)42-8-3)43-31(39)25-24(18-13-15-19(33)16-14-18)20-11-9-10-12-21(20)29(37)35(25)5/h9-16,22H,6-8H2,1-5H3,(H,34,36). The fourth-order valence-electron chi connectivity index (χ4n) is 4.75. The van der Waals surface area contributed by atoms with E-state index in [0.29, 0.717) is 32.5 Å². The number of carbonyl (C=O) groups is 4. The van der Waals surface area contributed by atoms with Gasteiger partial charge in [0.15, 0.2) is 6.10 Å². The van der Waals surface area contributed by atoms with Gasteiger partial charge in [-0.3, -0.25) is 9.59 Å². The number of hydrogen-bond donors (Lipinski definition) is 1. The number of fused-ring (bicyclic) bond motifs is 1. The Balaban J connectivity index is 1.73. The first-order valence-corrected chi connectivity index (χ1v) is 15.1. The molecule has 0 spiro atoms. The van der Waals surface area contributed by atoms with Gasteiger partial charge in [0.2, 0.25) is 0 Å². The lowest BCUT2D eigenvalue weighted by Gasteiger charge is -2.20. The van der Waals surface area contributed by atoms with Crippen molar-refractivity contribution in [2.75, 3.05) is 18.5 Å². The average molecular weight is 639 g/mol. The molecule has 0 aliphatic heterocycles. The van der Waals surface area contributed by atoms with Crippen LogP contribution in [-0.4, -0.2) is 47.7 Å². The van der Waals surface area contributed by atoms with E-state index in [4.69, 9.17) is 25.8 Å². The smallest absolute Gasteiger partial charge is 0.356 e. The molecule has 2 aromatic carbocycles. The maximum absolute atomic E-state index is 13.8. The largest absolute Gasteiger partial charge is 0.462 e. The summed E-state index contributed by atoms with van der Waals surface area (Å²) in [6, 6.07) is 13.7. The number of ether oxygens (including phenoxy) is 3. The van der Waals surface area contributed by atoms with Crippen LogP contribution in [0.15, 0.2) is 53.3 Å². The lowest BCUT2D eigenvalue weighted by atomic mass is 9.96. The minimum Gasteiger partial charge on any atom is -0.462 e. The monoisotopic (exact) mass is 638 g/mol. The van der Waals surface area contributed by atoms with E-state index < -0.39 is 35.5 Å². The minimum atomic E-state index is -1.31. The van der Waals surface area contributed by atoms with Gasteiger partial charge in [0.05, 0.1) is 18.8 Å². The third kappa shape index (κ3) is 6.39. The molecule has 2 aromatic heterocycles. The van der Waals surface area contributed by atoms with Gasteiger partial charge in [0.1, 0.15) is 15.6 Å². The van der Waals surface area contributed by atoms with Crippen LogP contribution in [0.2, 0.25) is 5.02 Å². The highest BCUT2D eigenvalue weighted by Gasteiger charge is 2.31. The summed E-state index contributed by atoms with van der Waals surface area (Å²) in [7, 11) is 1.46. The molecule has 1 unspecified atom stereocenters. The molecule has 230 valence electrons. The van der Waals surface area contributed by atoms with Gasteiger partial charge in [0.25, 0.3) is 11.5 Å². The molecule has 12 heteroatoms. The van der Waals surface area contributed by atoms with Crippen molar-refractivity contribution < 1.29 is 33.4 Å². The second-order valence-corrected chi connectivity index (χ2v) is 11.1. The van der Waals surface area contributed by atoms with Crippen molar-refractivity contribution in [3.8, 4) is 11.1 Å². The molecule has 44 heavy (non-hydrogen) atoms. The number of anilines is 1. The summed E-state index contributed by atoms with van der Waals surface area (Å²) in [5.74, 6) is -3.01. The first kappa shape index (κ1) is 32.4. The molecule has 4 aromatic rings. The summed E-state index contributed by atoms with van der Waals surface area (Å²) in [6.45, 7) is 6.68. The van der Waals surface area contributed by atoms with Gasteiger partial charge in [-0.1, -0.05) is 48.9 Å². The summed E-state index contributed by atoms with van der Waals surface area (Å²) in [5.41, 5.74) is 0.901. The average Bonchev–Trinajstić information content (AvgIpc) is 3.33. The van der Waals surface area contributed by atoms with Crippen LogP contribution in [0.25, 0.3) is 21.9 Å². The maximum atomic E-state index is 13.8. The number of aromatic nitrogens is 1. The van der Waals surface area contributed by atoms with Crippen LogP contribution in [-0.2, 0) is 26.1 Å². The number of amides is 1. The number of carbonyl (C=O) groups excluding carboxylic acids is 4. The summed E-state index contributed by atoms with van der Waals surface area (Å²) >= 11 is 6.98. The molecule has 2 heterocycles. The molecular formula is C32H31ClN2O8S. The summed E-state index contributed by atoms with van der Waals surface area (Å²) in [4.78, 5) is 66.0. The summed E-state index contributed by atoms with van der Waals surface area (Å²) in [5, 5.41) is 4.12. The molecular weight excluding hydrogens is 608 g/mol. The second kappa shape index (κ2) is 13.9. The minimum absolute atomic E-state index is 0.0105. The number of benzene rings is 2. The molecule has 0 aliphatic carbocycles. The van der Waals surface area contributed by atoms with E-state index in [9.17, 15) is 24.0 Å². The number of pyridine rings is 1. The topological polar surface area (TPSA) is 130 Å². The second-order valence-electron chi connectivity index (χ2n) is 9.63. The molecule has 0 radical (unpaired) electrons. The summed E-state index contributed by atoms with van der Waals surface area (Å²) in [6.07, 6.45) is -1.25. The Morgan fingerprint density at radius 2 is 1.52 bits per heavy atom. The van der Waals surface area contributed by atoms with Gasteiger partial charge in [-0.2, -0.15) is 0 Å². The molecule has 0 aliphatic rings. The van der Waals surface area contributed by atoms with Crippen LogP contribution in [0, 0.1) is 6.92 Å². The van der Waals surface area contributed by atoms with Crippen LogP contribution >= 0.6 is 22.9 Å². The Labute approximate surface area is 262 Å². The fourth-order valence-corrected chi connectivity index (χ4v) is 5.97. The molecule has 10 nitrogen and oxygen atoms in total. The van der Waals surface area contributed by atoms with Crippen LogP contribution in [0.4, 0.5) is 5.00 Å². The number of nitrogens with one attached hydrogen (secondary N) is 1. The Kier molecular flexibility index (Phi) is 10.2. The van der Waals surface area contributed by atoms with Crippen LogP contribution in [0.3, 0.4) is 0 Å². The van der Waals surface area contributed by atoms with Gasteiger partial charge in [-0.05, 0) is 61.9 Å². The molecule has 1 N–H and O–H groups in total. The predicted octanol–water partition coefficient (Wildman–Crippen LogP) is 6.16. The summed E-state index contributed by atoms with van der Waals surface area (Å²) < 4.78 is 17.2. The van der Waals surface area contributed by atoms with Gasteiger partial charge >= 0.3 is 17.9 Å². The first-order chi connectivity index (χ1) is 21.0. The molecule has 1 atom stereocenters. The van der Waals surface area contributed by atoms with Gasteiger partial charge in [-0.15, -0.1) is 11.3 Å². The molecule has 0 bridgehead atoms. The van der Waals surface area contributed by atoms with Gasteiger partial charge < -0.3 is 24.1 Å². The highest BCUT2D eigenvalue weighted by atomic mass is 35.5. The molecule has 1 amide bonds. The predicted molar refractivity (Wildman–Crippen MR) is 169 cm³/mol. The van der Waals surface area contributed by atoms with E-state index in [1.54, 1.807) is 76.2 Å². The van der Waals surface area contributed by atoms with Gasteiger partial charge in [-0.25, -0.2) is 14.4 Å². The fraction of sp³-hybridized carbons (Fsp3) is 0.281. The Morgan fingerprint density at radius 3 is 2.14 bits per heavy atom. The Hall–Kier alpha value is -4.48. The zero-order valence-corrected chi connectivity index (χ0v) is 26.4. The maximum Gasteiger partial charge on any atom is 0.356 e. The lowest BCUT2D eigenvalue weighted by Crippen LogP contribution is -2.34.